The van der Waals surface area contributed by atoms with Crippen molar-refractivity contribution in [2.75, 3.05) is 7.11 Å². The fourth-order valence-electron chi connectivity index (χ4n) is 5.14. The maximum absolute atomic E-state index is 12.8. The molecular weight excluding hydrogens is 456 g/mol. The zero-order chi connectivity index (χ0) is 21.3. The van der Waals surface area contributed by atoms with Gasteiger partial charge in [-0.15, -0.1) is 0 Å². The molecule has 0 amide bonds. The van der Waals surface area contributed by atoms with Crippen molar-refractivity contribution in [3.05, 3.63) is 69.7 Å². The fourth-order valence-corrected chi connectivity index (χ4v) is 5.50. The number of halogens is 1. The lowest BCUT2D eigenvalue weighted by molar-refractivity contribution is 0.0592. The van der Waals surface area contributed by atoms with Crippen molar-refractivity contribution in [3.8, 4) is 11.4 Å². The van der Waals surface area contributed by atoms with Gasteiger partial charge in [-0.25, -0.2) is 14.8 Å². The molecule has 2 bridgehead atoms. The summed E-state index contributed by atoms with van der Waals surface area (Å²) in [6.45, 7) is 2.53. The highest BCUT2D eigenvalue weighted by Gasteiger charge is 2.41. The van der Waals surface area contributed by atoms with Crippen molar-refractivity contribution in [1.82, 2.24) is 19.1 Å². The first-order valence-corrected chi connectivity index (χ1v) is 11.3. The number of imidazole rings is 2. The smallest absolute Gasteiger partial charge is 0.358 e. The van der Waals surface area contributed by atoms with Gasteiger partial charge < -0.3 is 13.9 Å². The number of carbonyl (C=O) groups is 1. The first-order chi connectivity index (χ1) is 15.0. The first kappa shape index (κ1) is 18.8. The van der Waals surface area contributed by atoms with Gasteiger partial charge in [0.1, 0.15) is 11.6 Å². The van der Waals surface area contributed by atoms with Crippen LogP contribution in [-0.2, 0) is 11.3 Å². The largest absolute Gasteiger partial charge is 0.464 e. The monoisotopic (exact) mass is 476 g/mol. The Hall–Kier alpha value is -2.93. The lowest BCUT2D eigenvalue weighted by Gasteiger charge is -2.35. The highest BCUT2D eigenvalue weighted by molar-refractivity contribution is 9.10. The summed E-state index contributed by atoms with van der Waals surface area (Å²) in [4.78, 5) is 22.4. The quantitative estimate of drug-likeness (QED) is 0.379. The molecule has 1 saturated carbocycles. The Balaban J connectivity index is 1.59. The number of hydrogen-bond acceptors (Lipinski definition) is 4. The average Bonchev–Trinajstić information content (AvgIpc) is 3.18. The molecule has 0 atom stereocenters. The van der Waals surface area contributed by atoms with Crippen LogP contribution in [0.25, 0.3) is 22.4 Å². The number of hydrogen-bond donors (Lipinski definition) is 0. The molecule has 2 aliphatic heterocycles. The van der Waals surface area contributed by atoms with E-state index >= 15 is 0 Å². The molecule has 4 heterocycles. The molecule has 4 aromatic rings. The van der Waals surface area contributed by atoms with Crippen LogP contribution < -0.4 is 0 Å². The highest BCUT2D eigenvalue weighted by Crippen LogP contribution is 2.53. The number of para-hydroxylation sites is 2. The molecule has 0 radical (unpaired) electrons. The van der Waals surface area contributed by atoms with Crippen LogP contribution in [0.1, 0.15) is 52.4 Å². The molecule has 156 valence electrons. The molecule has 6 nitrogen and oxygen atoms in total. The number of fused-ring (bicyclic) bond motifs is 1. The summed E-state index contributed by atoms with van der Waals surface area (Å²) in [6, 6.07) is 14.8. The van der Waals surface area contributed by atoms with Gasteiger partial charge in [-0.1, -0.05) is 34.1 Å². The number of aromatic nitrogens is 4. The van der Waals surface area contributed by atoms with Crippen LogP contribution in [0.3, 0.4) is 0 Å². The molecule has 1 aliphatic carbocycles. The summed E-state index contributed by atoms with van der Waals surface area (Å²) in [7, 11) is 1.42. The summed E-state index contributed by atoms with van der Waals surface area (Å²) >= 11 is 3.61. The van der Waals surface area contributed by atoms with E-state index in [0.29, 0.717) is 24.2 Å². The maximum atomic E-state index is 12.8. The second-order valence-electron chi connectivity index (χ2n) is 8.38. The topological polar surface area (TPSA) is 61.9 Å². The maximum Gasteiger partial charge on any atom is 0.358 e. The van der Waals surface area contributed by atoms with Crippen molar-refractivity contribution in [2.24, 2.45) is 0 Å². The Bertz CT molecular complexity index is 1360. The summed E-state index contributed by atoms with van der Waals surface area (Å²) in [6.07, 6.45) is 2.13. The SMILES string of the molecule is COC(=O)c1nc2n(c1Cn1c(C)nc3ccccc31)C1CC(C1)c1ccc(Br)cc1-2. The van der Waals surface area contributed by atoms with Gasteiger partial charge >= 0.3 is 5.97 Å². The number of carbonyl (C=O) groups excluding carboxylic acids is 1. The van der Waals surface area contributed by atoms with E-state index in [1.54, 1.807) is 0 Å². The van der Waals surface area contributed by atoms with E-state index in [1.165, 1.54) is 12.7 Å². The van der Waals surface area contributed by atoms with E-state index in [9.17, 15) is 4.79 Å². The second kappa shape index (κ2) is 6.79. The van der Waals surface area contributed by atoms with E-state index in [2.05, 4.69) is 49.3 Å². The highest BCUT2D eigenvalue weighted by atomic mass is 79.9. The molecule has 7 rings (SSSR count). The van der Waals surface area contributed by atoms with Crippen LogP contribution in [-0.4, -0.2) is 32.2 Å². The van der Waals surface area contributed by atoms with Crippen molar-refractivity contribution < 1.29 is 9.53 Å². The van der Waals surface area contributed by atoms with Crippen LogP contribution in [0.2, 0.25) is 0 Å². The molecule has 3 aliphatic rings. The molecule has 0 saturated heterocycles. The van der Waals surface area contributed by atoms with Crippen molar-refractivity contribution in [2.45, 2.75) is 38.3 Å². The molecule has 2 aromatic carbocycles. The van der Waals surface area contributed by atoms with Gasteiger partial charge in [0.05, 0.1) is 30.4 Å². The van der Waals surface area contributed by atoms with Crippen molar-refractivity contribution in [1.29, 1.82) is 0 Å². The number of nitrogens with zero attached hydrogens (tertiary/aromatic N) is 4. The Labute approximate surface area is 188 Å². The number of ether oxygens (including phenoxy) is 1. The van der Waals surface area contributed by atoms with E-state index in [1.807, 2.05) is 25.1 Å². The predicted octanol–water partition coefficient (Wildman–Crippen LogP) is 5.24. The van der Waals surface area contributed by atoms with Gasteiger partial charge in [0.15, 0.2) is 5.69 Å². The van der Waals surface area contributed by atoms with E-state index in [-0.39, 0.29) is 0 Å². The minimum absolute atomic E-state index is 0.335. The van der Waals surface area contributed by atoms with Crippen LogP contribution in [0.15, 0.2) is 46.9 Å². The van der Waals surface area contributed by atoms with Gasteiger partial charge in [-0.2, -0.15) is 0 Å². The third-order valence-corrected chi connectivity index (χ3v) is 7.21. The van der Waals surface area contributed by atoms with Crippen molar-refractivity contribution in [3.63, 3.8) is 0 Å². The Morgan fingerprint density at radius 1 is 1.19 bits per heavy atom. The number of methoxy groups -OCH3 is 1. The summed E-state index contributed by atoms with van der Waals surface area (Å²) < 4.78 is 10.6. The third kappa shape index (κ3) is 2.72. The van der Waals surface area contributed by atoms with E-state index < -0.39 is 5.97 Å². The summed E-state index contributed by atoms with van der Waals surface area (Å²) in [5.74, 6) is 1.92. The van der Waals surface area contributed by atoms with Gasteiger partial charge in [0, 0.05) is 16.1 Å². The number of esters is 1. The average molecular weight is 477 g/mol. The minimum atomic E-state index is -0.398. The molecule has 7 heteroatoms. The Morgan fingerprint density at radius 3 is 2.81 bits per heavy atom. The van der Waals surface area contributed by atoms with Crippen LogP contribution in [0, 0.1) is 6.92 Å². The predicted molar refractivity (Wildman–Crippen MR) is 121 cm³/mol. The lowest BCUT2D eigenvalue weighted by Crippen LogP contribution is -2.25. The van der Waals surface area contributed by atoms with Crippen LogP contribution >= 0.6 is 15.9 Å². The third-order valence-electron chi connectivity index (χ3n) is 6.72. The second-order valence-corrected chi connectivity index (χ2v) is 9.30. The zero-order valence-electron chi connectivity index (χ0n) is 17.3. The molecule has 1 fully saturated rings. The first-order valence-electron chi connectivity index (χ1n) is 10.5. The van der Waals surface area contributed by atoms with Gasteiger partial charge in [0.25, 0.3) is 0 Å². The molecule has 0 N–H and O–H groups in total. The van der Waals surface area contributed by atoms with Gasteiger partial charge in [0.2, 0.25) is 0 Å². The van der Waals surface area contributed by atoms with Crippen molar-refractivity contribution >= 4 is 32.9 Å². The number of rotatable bonds is 3. The molecule has 31 heavy (non-hydrogen) atoms. The van der Waals surface area contributed by atoms with Gasteiger partial charge in [-0.05, 0) is 55.5 Å². The van der Waals surface area contributed by atoms with E-state index in [4.69, 9.17) is 14.7 Å². The fraction of sp³-hybridized carbons (Fsp3) is 0.292. The molecule has 0 spiro atoms. The lowest BCUT2D eigenvalue weighted by atomic mass is 9.75. The Morgan fingerprint density at radius 2 is 2.00 bits per heavy atom. The zero-order valence-corrected chi connectivity index (χ0v) is 18.9. The van der Waals surface area contributed by atoms with Crippen LogP contribution in [0.4, 0.5) is 0 Å². The summed E-state index contributed by atoms with van der Waals surface area (Å²) in [5.41, 5.74) is 5.71. The minimum Gasteiger partial charge on any atom is -0.464 e. The molecule has 2 aromatic heterocycles. The van der Waals surface area contributed by atoms with Crippen LogP contribution in [0.5, 0.6) is 0 Å². The normalized spacial score (nSPS) is 18.8. The van der Waals surface area contributed by atoms with Gasteiger partial charge in [-0.3, -0.25) is 0 Å². The molecular formula is C24H21BrN4O2. The summed E-state index contributed by atoms with van der Waals surface area (Å²) in [5, 5.41) is 0. The number of aryl methyl sites for hydroxylation is 1. The van der Waals surface area contributed by atoms with E-state index in [0.717, 1.165) is 51.3 Å². The molecule has 0 unspecified atom stereocenters. The Kier molecular flexibility index (Phi) is 4.12. The standard InChI is InChI=1S/C24H21BrN4O2/c1-13-26-19-5-3-4-6-20(19)28(13)12-21-22(24(30)31-2)27-23-18-11-15(25)7-8-17(18)14-9-16(10-14)29(21)23/h3-8,11,14,16H,9-10,12H2,1-2H3. The number of benzene rings is 2.